The molecule has 2 amide bonds. The Morgan fingerprint density at radius 1 is 1.22 bits per heavy atom. The maximum absolute atomic E-state index is 11.9. The molecule has 7 nitrogen and oxygen atoms in total. The quantitative estimate of drug-likeness (QED) is 0.744. The van der Waals surface area contributed by atoms with Crippen LogP contribution in [0.5, 0.6) is 0 Å². The minimum absolute atomic E-state index is 0.130. The molecule has 1 heterocycles. The van der Waals surface area contributed by atoms with Gasteiger partial charge in [0.2, 0.25) is 5.89 Å². The predicted molar refractivity (Wildman–Crippen MR) is 87.9 cm³/mol. The van der Waals surface area contributed by atoms with Crippen LogP contribution in [0.2, 0.25) is 0 Å². The third kappa shape index (κ3) is 5.82. The van der Waals surface area contributed by atoms with E-state index in [-0.39, 0.29) is 23.9 Å². The topological polar surface area (TPSA) is 100 Å². The molecule has 0 spiro atoms. The summed E-state index contributed by atoms with van der Waals surface area (Å²) in [6, 6.07) is -0.323. The number of carbonyl (C=O) groups is 1. The van der Waals surface area contributed by atoms with E-state index in [0.29, 0.717) is 18.3 Å². The van der Waals surface area contributed by atoms with Crippen molar-refractivity contribution in [2.24, 2.45) is 11.3 Å². The van der Waals surface area contributed by atoms with Gasteiger partial charge >= 0.3 is 6.03 Å². The zero-order valence-corrected chi connectivity index (χ0v) is 15.2. The minimum Gasteiger partial charge on any atom is -0.392 e. The molecule has 23 heavy (non-hydrogen) atoms. The van der Waals surface area contributed by atoms with Gasteiger partial charge in [0.1, 0.15) is 0 Å². The first-order valence-electron chi connectivity index (χ1n) is 7.96. The fourth-order valence-corrected chi connectivity index (χ4v) is 2.17. The van der Waals surface area contributed by atoms with Gasteiger partial charge < -0.3 is 20.3 Å². The number of hydrogen-bond donors (Lipinski definition) is 3. The third-order valence-corrected chi connectivity index (χ3v) is 3.65. The summed E-state index contributed by atoms with van der Waals surface area (Å²) >= 11 is 0. The van der Waals surface area contributed by atoms with E-state index in [2.05, 4.69) is 20.8 Å². The van der Waals surface area contributed by atoms with Crippen LogP contribution in [0.4, 0.5) is 4.79 Å². The Morgan fingerprint density at radius 2 is 1.83 bits per heavy atom. The summed E-state index contributed by atoms with van der Waals surface area (Å²) in [6.07, 6.45) is -0.491. The molecule has 3 N–H and O–H groups in total. The van der Waals surface area contributed by atoms with E-state index in [1.165, 1.54) is 0 Å². The molecule has 1 aromatic heterocycles. The normalized spacial score (nSPS) is 14.0. The van der Waals surface area contributed by atoms with Gasteiger partial charge in [-0.05, 0) is 5.92 Å². The van der Waals surface area contributed by atoms with Crippen molar-refractivity contribution < 1.29 is 14.4 Å². The number of nitrogens with one attached hydrogen (secondary N) is 2. The van der Waals surface area contributed by atoms with Crippen LogP contribution in [0.3, 0.4) is 0 Å². The number of hydrogen-bond acceptors (Lipinski definition) is 5. The number of aliphatic hydroxyl groups excluding tert-OH is 1. The van der Waals surface area contributed by atoms with E-state index >= 15 is 0 Å². The molecule has 1 atom stereocenters. The fraction of sp³-hybridized carbons (Fsp3) is 0.812. The molecule has 1 aromatic rings. The molecule has 7 heteroatoms. The summed E-state index contributed by atoms with van der Waals surface area (Å²) in [5, 5.41) is 19.5. The highest BCUT2D eigenvalue weighted by molar-refractivity contribution is 5.73. The van der Waals surface area contributed by atoms with Crippen molar-refractivity contribution in [3.63, 3.8) is 0 Å². The van der Waals surface area contributed by atoms with E-state index in [0.717, 1.165) is 0 Å². The Morgan fingerprint density at radius 3 is 2.30 bits per heavy atom. The van der Waals surface area contributed by atoms with Crippen LogP contribution in [-0.2, 0) is 12.0 Å². The number of urea groups is 1. The molecule has 0 radical (unpaired) electrons. The van der Waals surface area contributed by atoms with Gasteiger partial charge in [-0.1, -0.05) is 53.6 Å². The van der Waals surface area contributed by atoms with Crippen molar-refractivity contribution in [2.75, 3.05) is 6.54 Å². The smallest absolute Gasteiger partial charge is 0.315 e. The number of aromatic nitrogens is 2. The van der Waals surface area contributed by atoms with E-state index < -0.39 is 11.5 Å². The second-order valence-electron chi connectivity index (χ2n) is 7.98. The number of aliphatic hydroxyl groups is 1. The summed E-state index contributed by atoms with van der Waals surface area (Å²) in [4.78, 5) is 16.1. The molecule has 0 fully saturated rings. The minimum atomic E-state index is -0.491. The molecular weight excluding hydrogens is 296 g/mol. The van der Waals surface area contributed by atoms with Gasteiger partial charge in [-0.25, -0.2) is 4.79 Å². The van der Waals surface area contributed by atoms with Crippen molar-refractivity contribution in [1.29, 1.82) is 0 Å². The zero-order valence-electron chi connectivity index (χ0n) is 15.2. The van der Waals surface area contributed by atoms with Crippen LogP contribution < -0.4 is 10.6 Å². The molecule has 132 valence electrons. The van der Waals surface area contributed by atoms with Crippen LogP contribution in [0.25, 0.3) is 0 Å². The first-order valence-corrected chi connectivity index (χ1v) is 7.96. The molecule has 0 saturated carbocycles. The SMILES string of the molecule is CC(C)C(O)C(C)(C)CNC(=O)NCc1noc(C(C)(C)C)n1. The highest BCUT2D eigenvalue weighted by atomic mass is 16.5. The van der Waals surface area contributed by atoms with Gasteiger partial charge in [-0.2, -0.15) is 4.98 Å². The average Bonchev–Trinajstić information content (AvgIpc) is 2.91. The standard InChI is InChI=1S/C16H30N4O3/c1-10(2)12(21)16(6,7)9-18-14(22)17-8-11-19-13(23-20-11)15(3,4)5/h10,12,21H,8-9H2,1-7H3,(H2,17,18,22). The van der Waals surface area contributed by atoms with Crippen LogP contribution in [0.15, 0.2) is 4.52 Å². The monoisotopic (exact) mass is 326 g/mol. The van der Waals surface area contributed by atoms with Gasteiger partial charge in [-0.15, -0.1) is 0 Å². The summed E-state index contributed by atoms with van der Waals surface area (Å²) in [6.45, 7) is 14.3. The number of amides is 2. The van der Waals surface area contributed by atoms with E-state index in [1.807, 2.05) is 48.5 Å². The van der Waals surface area contributed by atoms with Crippen LogP contribution in [0.1, 0.15) is 60.2 Å². The molecule has 0 aliphatic carbocycles. The molecule has 0 bridgehead atoms. The molecule has 1 unspecified atom stereocenters. The summed E-state index contributed by atoms with van der Waals surface area (Å²) in [5.41, 5.74) is -0.623. The Kier molecular flexibility index (Phi) is 6.16. The number of carbonyl (C=O) groups excluding carboxylic acids is 1. The van der Waals surface area contributed by atoms with Crippen LogP contribution in [-0.4, -0.2) is 33.9 Å². The van der Waals surface area contributed by atoms with Gasteiger partial charge in [-0.3, -0.25) is 0 Å². The predicted octanol–water partition coefficient (Wildman–Crippen LogP) is 2.21. The lowest BCUT2D eigenvalue weighted by molar-refractivity contribution is 0.0151. The van der Waals surface area contributed by atoms with Gasteiger partial charge in [0, 0.05) is 17.4 Å². The first kappa shape index (κ1) is 19.4. The average molecular weight is 326 g/mol. The Labute approximate surface area is 138 Å². The first-order chi connectivity index (χ1) is 10.4. The summed E-state index contributed by atoms with van der Waals surface area (Å²) < 4.78 is 5.17. The number of nitrogens with zero attached hydrogens (tertiary/aromatic N) is 2. The molecule has 0 aliphatic rings. The van der Waals surface area contributed by atoms with E-state index in [4.69, 9.17) is 4.52 Å². The Bertz CT molecular complexity index is 518. The maximum Gasteiger partial charge on any atom is 0.315 e. The van der Waals surface area contributed by atoms with Gasteiger partial charge in [0.15, 0.2) is 5.82 Å². The van der Waals surface area contributed by atoms with Crippen molar-refractivity contribution in [3.05, 3.63) is 11.7 Å². The molecular formula is C16H30N4O3. The van der Waals surface area contributed by atoms with Crippen molar-refractivity contribution >= 4 is 6.03 Å². The maximum atomic E-state index is 11.9. The van der Waals surface area contributed by atoms with Crippen molar-refractivity contribution in [3.8, 4) is 0 Å². The van der Waals surface area contributed by atoms with Crippen LogP contribution in [0, 0.1) is 11.3 Å². The summed E-state index contributed by atoms with van der Waals surface area (Å²) in [7, 11) is 0. The van der Waals surface area contributed by atoms with Gasteiger partial charge in [0.05, 0.1) is 12.6 Å². The lowest BCUT2D eigenvalue weighted by Gasteiger charge is -2.33. The molecule has 0 aromatic carbocycles. The number of rotatable bonds is 6. The van der Waals surface area contributed by atoms with Gasteiger partial charge in [0.25, 0.3) is 0 Å². The van der Waals surface area contributed by atoms with E-state index in [1.54, 1.807) is 0 Å². The van der Waals surface area contributed by atoms with Crippen molar-refractivity contribution in [1.82, 2.24) is 20.8 Å². The summed E-state index contributed by atoms with van der Waals surface area (Å²) in [5.74, 6) is 1.10. The lowest BCUT2D eigenvalue weighted by Crippen LogP contribution is -2.46. The second-order valence-corrected chi connectivity index (χ2v) is 7.98. The lowest BCUT2D eigenvalue weighted by atomic mass is 9.81. The third-order valence-electron chi connectivity index (χ3n) is 3.65. The zero-order chi connectivity index (χ0) is 17.8. The second kappa shape index (κ2) is 7.29. The molecule has 1 rings (SSSR count). The highest BCUT2D eigenvalue weighted by Gasteiger charge is 2.30. The fourth-order valence-electron chi connectivity index (χ4n) is 2.17. The largest absolute Gasteiger partial charge is 0.392 e. The van der Waals surface area contributed by atoms with Crippen molar-refractivity contribution in [2.45, 2.75) is 66.5 Å². The Balaban J connectivity index is 2.45. The van der Waals surface area contributed by atoms with Crippen LogP contribution >= 0.6 is 0 Å². The van der Waals surface area contributed by atoms with E-state index in [9.17, 15) is 9.90 Å². The molecule has 0 saturated heterocycles. The molecule has 0 aliphatic heterocycles. The highest BCUT2D eigenvalue weighted by Crippen LogP contribution is 2.25. The Hall–Kier alpha value is -1.63.